The van der Waals surface area contributed by atoms with E-state index in [0.717, 1.165) is 51.1 Å². The molecule has 0 amide bonds. The first-order chi connectivity index (χ1) is 12.3. The lowest BCUT2D eigenvalue weighted by Crippen LogP contribution is -2.25. The van der Waals surface area contributed by atoms with Gasteiger partial charge in [0.2, 0.25) is 0 Å². The number of hydrogen-bond acceptors (Lipinski definition) is 5. The first-order valence-corrected chi connectivity index (χ1v) is 8.15. The number of H-pyrrole nitrogens is 1. The summed E-state index contributed by atoms with van der Waals surface area (Å²) in [6.07, 6.45) is 1.88. The van der Waals surface area contributed by atoms with Crippen LogP contribution >= 0.6 is 0 Å². The molecule has 0 fully saturated rings. The van der Waals surface area contributed by atoms with Crippen LogP contribution in [0.4, 0.5) is 0 Å². The number of nitrogens with zero attached hydrogens (tertiary/aromatic N) is 4. The third-order valence-electron chi connectivity index (χ3n) is 4.54. The highest BCUT2D eigenvalue weighted by Gasteiger charge is 2.17. The quantitative estimate of drug-likeness (QED) is 0.594. The zero-order chi connectivity index (χ0) is 16.8. The van der Waals surface area contributed by atoms with Gasteiger partial charge in [0, 0.05) is 35.1 Å². The van der Waals surface area contributed by atoms with E-state index in [4.69, 9.17) is 0 Å². The van der Waals surface area contributed by atoms with Gasteiger partial charge in [-0.1, -0.05) is 18.2 Å². The second kappa shape index (κ2) is 5.31. The molecule has 0 bridgehead atoms. The molecule has 1 aliphatic heterocycles. The van der Waals surface area contributed by atoms with Gasteiger partial charge < -0.3 is 4.90 Å². The van der Waals surface area contributed by atoms with Crippen molar-refractivity contribution in [2.75, 3.05) is 13.7 Å². The summed E-state index contributed by atoms with van der Waals surface area (Å²) in [4.78, 5) is 6.64. The molecule has 6 nitrogen and oxygen atoms in total. The van der Waals surface area contributed by atoms with E-state index in [1.807, 2.05) is 37.5 Å². The summed E-state index contributed by atoms with van der Waals surface area (Å²) in [6.45, 7) is 0.722. The van der Waals surface area contributed by atoms with Crippen molar-refractivity contribution < 1.29 is 0 Å². The van der Waals surface area contributed by atoms with Crippen molar-refractivity contribution >= 4 is 27.6 Å². The Hall–Kier alpha value is -3.41. The molecule has 0 aliphatic carbocycles. The summed E-state index contributed by atoms with van der Waals surface area (Å²) >= 11 is 0. The zero-order valence-corrected chi connectivity index (χ0v) is 13.7. The molecule has 6 heteroatoms. The van der Waals surface area contributed by atoms with Crippen LogP contribution in [0, 0.1) is 0 Å². The van der Waals surface area contributed by atoms with E-state index in [-0.39, 0.29) is 0 Å². The predicted octanol–water partition coefficient (Wildman–Crippen LogP) is 2.93. The van der Waals surface area contributed by atoms with Gasteiger partial charge in [0.15, 0.2) is 5.84 Å². The van der Waals surface area contributed by atoms with Gasteiger partial charge in [-0.2, -0.15) is 10.2 Å². The van der Waals surface area contributed by atoms with Gasteiger partial charge in [-0.15, -0.1) is 0 Å². The number of fused-ring (bicyclic) bond motifs is 2. The van der Waals surface area contributed by atoms with Crippen LogP contribution in [0.1, 0.15) is 5.56 Å². The van der Waals surface area contributed by atoms with E-state index < -0.39 is 0 Å². The third-order valence-corrected chi connectivity index (χ3v) is 4.54. The first kappa shape index (κ1) is 14.0. The number of amidine groups is 1. The predicted molar refractivity (Wildman–Crippen MR) is 99.1 cm³/mol. The molecular weight excluding hydrogens is 312 g/mol. The smallest absolute Gasteiger partial charge is 0.157 e. The van der Waals surface area contributed by atoms with Gasteiger partial charge in [0.25, 0.3) is 0 Å². The maximum Gasteiger partial charge on any atom is 0.157 e. The summed E-state index contributed by atoms with van der Waals surface area (Å²) in [7, 11) is 2.02. The highest BCUT2D eigenvalue weighted by atomic mass is 15.5. The molecule has 0 unspecified atom stereocenters. The molecule has 2 aromatic heterocycles. The molecule has 0 saturated carbocycles. The van der Waals surface area contributed by atoms with Gasteiger partial charge in [0.05, 0.1) is 11.0 Å². The number of rotatable bonds is 2. The number of pyridine rings is 1. The van der Waals surface area contributed by atoms with Gasteiger partial charge in [-0.25, -0.2) is 0 Å². The molecule has 4 aromatic rings. The number of para-hydroxylation sites is 1. The summed E-state index contributed by atoms with van der Waals surface area (Å²) in [5.74, 6) is 0.936. The molecule has 0 atom stereocenters. The van der Waals surface area contributed by atoms with Crippen molar-refractivity contribution in [3.63, 3.8) is 0 Å². The normalized spacial score (nSPS) is 14.1. The number of aromatic nitrogens is 3. The van der Waals surface area contributed by atoms with Crippen molar-refractivity contribution in [1.29, 1.82) is 0 Å². The van der Waals surface area contributed by atoms with E-state index in [1.54, 1.807) is 0 Å². The molecule has 0 saturated heterocycles. The van der Waals surface area contributed by atoms with Gasteiger partial charge in [0.1, 0.15) is 12.4 Å². The van der Waals surface area contributed by atoms with E-state index in [0.29, 0.717) is 0 Å². The Morgan fingerprint density at radius 2 is 1.96 bits per heavy atom. The van der Waals surface area contributed by atoms with E-state index in [1.165, 1.54) is 0 Å². The second-order valence-electron chi connectivity index (χ2n) is 6.20. The van der Waals surface area contributed by atoms with Gasteiger partial charge in [-0.05, 0) is 30.3 Å². The average Bonchev–Trinajstić information content (AvgIpc) is 3.26. The Labute approximate surface area is 144 Å². The Morgan fingerprint density at radius 1 is 1.04 bits per heavy atom. The molecule has 2 aromatic carbocycles. The van der Waals surface area contributed by atoms with E-state index in [9.17, 15) is 0 Å². The van der Waals surface area contributed by atoms with E-state index in [2.05, 4.69) is 54.9 Å². The maximum atomic E-state index is 4.56. The Balaban J connectivity index is 1.67. The van der Waals surface area contributed by atoms with Crippen molar-refractivity contribution in [2.24, 2.45) is 5.10 Å². The van der Waals surface area contributed by atoms with Crippen molar-refractivity contribution in [3.8, 4) is 11.3 Å². The molecular formula is C19H16N6. The van der Waals surface area contributed by atoms with Crippen molar-refractivity contribution in [1.82, 2.24) is 25.5 Å². The number of benzene rings is 2. The van der Waals surface area contributed by atoms with Crippen molar-refractivity contribution in [3.05, 3.63) is 60.3 Å². The molecule has 0 radical (unpaired) electrons. The fraction of sp³-hybridized carbons (Fsp3) is 0.105. The van der Waals surface area contributed by atoms with E-state index >= 15 is 0 Å². The van der Waals surface area contributed by atoms with Crippen LogP contribution < -0.4 is 5.43 Å². The molecule has 122 valence electrons. The number of aromatic amines is 1. The largest absolute Gasteiger partial charge is 0.339 e. The molecule has 1 aliphatic rings. The van der Waals surface area contributed by atoms with Gasteiger partial charge in [-0.3, -0.25) is 15.5 Å². The third kappa shape index (κ3) is 2.22. The van der Waals surface area contributed by atoms with Crippen LogP contribution in [0.5, 0.6) is 0 Å². The van der Waals surface area contributed by atoms with Crippen LogP contribution in [-0.2, 0) is 0 Å². The molecule has 5 rings (SSSR count). The molecule has 2 N–H and O–H groups in total. The monoisotopic (exact) mass is 328 g/mol. The fourth-order valence-electron chi connectivity index (χ4n) is 3.24. The minimum Gasteiger partial charge on any atom is -0.339 e. The zero-order valence-electron chi connectivity index (χ0n) is 13.7. The van der Waals surface area contributed by atoms with Crippen LogP contribution in [-0.4, -0.2) is 39.6 Å². The summed E-state index contributed by atoms with van der Waals surface area (Å²) in [5, 5.41) is 14.2. The first-order valence-electron chi connectivity index (χ1n) is 8.15. The lowest BCUT2D eigenvalue weighted by atomic mass is 10.0. The van der Waals surface area contributed by atoms with Crippen LogP contribution in [0.15, 0.2) is 59.8 Å². The Morgan fingerprint density at radius 3 is 2.84 bits per heavy atom. The van der Waals surface area contributed by atoms with Crippen LogP contribution in [0.3, 0.4) is 0 Å². The standard InChI is InChI=1S/C19H16N6/c1-25-11-21-24-19(25)13-6-7-17-15(9-13)18(23-22-17)14-8-12-4-2-3-5-16(12)20-10-14/h2-10,21H,11H2,1H3,(H,22,23). The van der Waals surface area contributed by atoms with Crippen LogP contribution in [0.25, 0.3) is 33.1 Å². The number of hydrazone groups is 1. The minimum absolute atomic E-state index is 0.722. The maximum absolute atomic E-state index is 4.56. The Kier molecular flexibility index (Phi) is 2.97. The summed E-state index contributed by atoms with van der Waals surface area (Å²) in [5.41, 5.74) is 7.97. The summed E-state index contributed by atoms with van der Waals surface area (Å²) in [6, 6.07) is 16.5. The average molecular weight is 328 g/mol. The highest BCUT2D eigenvalue weighted by molar-refractivity contribution is 6.04. The minimum atomic E-state index is 0.722. The molecule has 0 spiro atoms. The lowest BCUT2D eigenvalue weighted by Gasteiger charge is -2.12. The lowest BCUT2D eigenvalue weighted by molar-refractivity contribution is 0.506. The fourth-order valence-corrected chi connectivity index (χ4v) is 3.24. The Bertz CT molecular complexity index is 1130. The van der Waals surface area contributed by atoms with Crippen LogP contribution in [0.2, 0.25) is 0 Å². The second-order valence-corrected chi connectivity index (χ2v) is 6.20. The SMILES string of the molecule is CN1CNN=C1c1ccc2[nH]nc(-c3cnc4ccccc4c3)c2c1. The molecule has 3 heterocycles. The highest BCUT2D eigenvalue weighted by Crippen LogP contribution is 2.29. The topological polar surface area (TPSA) is 69.2 Å². The number of hydrogen-bond donors (Lipinski definition) is 2. The van der Waals surface area contributed by atoms with Gasteiger partial charge >= 0.3 is 0 Å². The number of nitrogens with one attached hydrogen (secondary N) is 2. The summed E-state index contributed by atoms with van der Waals surface area (Å²) < 4.78 is 0. The molecule has 25 heavy (non-hydrogen) atoms. The van der Waals surface area contributed by atoms with Crippen molar-refractivity contribution in [2.45, 2.75) is 0 Å².